The van der Waals surface area contributed by atoms with Crippen molar-refractivity contribution in [1.82, 2.24) is 5.32 Å². The lowest BCUT2D eigenvalue weighted by Crippen LogP contribution is -2.32. The van der Waals surface area contributed by atoms with E-state index in [0.29, 0.717) is 18.3 Å². The first kappa shape index (κ1) is 12.0. The average Bonchev–Trinajstić information content (AvgIpc) is 2.20. The van der Waals surface area contributed by atoms with Gasteiger partial charge in [-0.1, -0.05) is 17.7 Å². The first-order valence-corrected chi connectivity index (χ1v) is 5.35. The summed E-state index contributed by atoms with van der Waals surface area (Å²) in [4.78, 5) is 0. The minimum Gasteiger partial charge on any atom is -0.508 e. The number of phenolic OH excluding ortho intramolecular Hbond substituents is 1. The van der Waals surface area contributed by atoms with Gasteiger partial charge >= 0.3 is 0 Å². The summed E-state index contributed by atoms with van der Waals surface area (Å²) in [5, 5.41) is 12.9. The number of aromatic hydroxyl groups is 1. The number of rotatable bonds is 5. The molecule has 3 nitrogen and oxygen atoms in total. The summed E-state index contributed by atoms with van der Waals surface area (Å²) in [6.45, 7) is 5.58. The summed E-state index contributed by atoms with van der Waals surface area (Å²) in [5.74, 6) is 0.377. The summed E-state index contributed by atoms with van der Waals surface area (Å²) in [5.41, 5.74) is 7.58. The molecule has 0 saturated heterocycles. The SMILES string of the molecule is Cc1ccc(O)c(CC(C)NCCN)c1. The number of benzene rings is 1. The largest absolute Gasteiger partial charge is 0.508 e. The van der Waals surface area contributed by atoms with E-state index in [9.17, 15) is 5.11 Å². The van der Waals surface area contributed by atoms with Crippen molar-refractivity contribution >= 4 is 0 Å². The van der Waals surface area contributed by atoms with Crippen LogP contribution in [0.15, 0.2) is 18.2 Å². The molecule has 0 aliphatic heterocycles. The van der Waals surface area contributed by atoms with Crippen molar-refractivity contribution in [2.24, 2.45) is 5.73 Å². The van der Waals surface area contributed by atoms with Gasteiger partial charge in [-0.15, -0.1) is 0 Å². The molecule has 0 heterocycles. The third kappa shape index (κ3) is 3.90. The lowest BCUT2D eigenvalue weighted by Gasteiger charge is -2.14. The number of nitrogens with two attached hydrogens (primary N) is 1. The van der Waals surface area contributed by atoms with E-state index in [2.05, 4.69) is 12.2 Å². The fourth-order valence-electron chi connectivity index (χ4n) is 1.61. The van der Waals surface area contributed by atoms with Gasteiger partial charge in [0.25, 0.3) is 0 Å². The van der Waals surface area contributed by atoms with Crippen LogP contribution in [0.4, 0.5) is 0 Å². The van der Waals surface area contributed by atoms with Crippen LogP contribution in [0.5, 0.6) is 5.75 Å². The second kappa shape index (κ2) is 5.73. The molecule has 0 aromatic heterocycles. The maximum atomic E-state index is 9.66. The van der Waals surface area contributed by atoms with Gasteiger partial charge < -0.3 is 16.2 Å². The van der Waals surface area contributed by atoms with E-state index >= 15 is 0 Å². The minimum atomic E-state index is 0.334. The number of nitrogens with one attached hydrogen (secondary N) is 1. The highest BCUT2D eigenvalue weighted by Crippen LogP contribution is 2.19. The summed E-state index contributed by atoms with van der Waals surface area (Å²) in [6.07, 6.45) is 0.827. The van der Waals surface area contributed by atoms with Crippen molar-refractivity contribution in [3.63, 3.8) is 0 Å². The normalized spacial score (nSPS) is 12.7. The summed E-state index contributed by atoms with van der Waals surface area (Å²) in [6, 6.07) is 6.02. The van der Waals surface area contributed by atoms with E-state index in [1.165, 1.54) is 5.56 Å². The molecule has 0 aliphatic rings. The highest BCUT2D eigenvalue weighted by molar-refractivity contribution is 5.36. The third-order valence-corrected chi connectivity index (χ3v) is 2.40. The Labute approximate surface area is 91.3 Å². The van der Waals surface area contributed by atoms with Gasteiger partial charge in [-0.25, -0.2) is 0 Å². The second-order valence-electron chi connectivity index (χ2n) is 3.98. The second-order valence-corrected chi connectivity index (χ2v) is 3.98. The Kier molecular flexibility index (Phi) is 4.59. The molecule has 4 N–H and O–H groups in total. The quantitative estimate of drug-likeness (QED) is 0.681. The van der Waals surface area contributed by atoms with Crippen molar-refractivity contribution in [3.8, 4) is 5.75 Å². The first-order chi connectivity index (χ1) is 7.13. The zero-order valence-corrected chi connectivity index (χ0v) is 9.46. The molecule has 15 heavy (non-hydrogen) atoms. The van der Waals surface area contributed by atoms with Gasteiger partial charge in [-0.2, -0.15) is 0 Å². The first-order valence-electron chi connectivity index (χ1n) is 5.35. The van der Waals surface area contributed by atoms with Gasteiger partial charge in [0.05, 0.1) is 0 Å². The van der Waals surface area contributed by atoms with E-state index in [-0.39, 0.29) is 0 Å². The summed E-state index contributed by atoms with van der Waals surface area (Å²) in [7, 11) is 0. The molecular formula is C12H20N2O. The Bertz CT molecular complexity index is 312. The van der Waals surface area contributed by atoms with Crippen LogP contribution in [0.2, 0.25) is 0 Å². The molecule has 0 aliphatic carbocycles. The lowest BCUT2D eigenvalue weighted by atomic mass is 10.0. The van der Waals surface area contributed by atoms with Gasteiger partial charge in [0.2, 0.25) is 0 Å². The van der Waals surface area contributed by atoms with Crippen molar-refractivity contribution in [1.29, 1.82) is 0 Å². The monoisotopic (exact) mass is 208 g/mol. The van der Waals surface area contributed by atoms with E-state index in [0.717, 1.165) is 18.5 Å². The Morgan fingerprint density at radius 3 is 2.87 bits per heavy atom. The van der Waals surface area contributed by atoms with Gasteiger partial charge in [-0.05, 0) is 31.9 Å². The average molecular weight is 208 g/mol. The van der Waals surface area contributed by atoms with Gasteiger partial charge in [-0.3, -0.25) is 0 Å². The molecule has 3 heteroatoms. The lowest BCUT2D eigenvalue weighted by molar-refractivity contribution is 0.459. The van der Waals surface area contributed by atoms with Crippen molar-refractivity contribution in [2.75, 3.05) is 13.1 Å². The van der Waals surface area contributed by atoms with E-state index in [4.69, 9.17) is 5.73 Å². The Balaban J connectivity index is 2.59. The van der Waals surface area contributed by atoms with Crippen LogP contribution >= 0.6 is 0 Å². The number of hydrogen-bond donors (Lipinski definition) is 3. The Morgan fingerprint density at radius 2 is 2.20 bits per heavy atom. The van der Waals surface area contributed by atoms with Crippen LogP contribution < -0.4 is 11.1 Å². The third-order valence-electron chi connectivity index (χ3n) is 2.40. The van der Waals surface area contributed by atoms with Gasteiger partial charge in [0, 0.05) is 19.1 Å². The smallest absolute Gasteiger partial charge is 0.118 e. The van der Waals surface area contributed by atoms with E-state index in [1.807, 2.05) is 19.1 Å². The van der Waals surface area contributed by atoms with E-state index < -0.39 is 0 Å². The van der Waals surface area contributed by atoms with Crippen LogP contribution in [0.1, 0.15) is 18.1 Å². The maximum absolute atomic E-state index is 9.66. The van der Waals surface area contributed by atoms with Crippen molar-refractivity contribution in [3.05, 3.63) is 29.3 Å². The van der Waals surface area contributed by atoms with Crippen LogP contribution in [-0.4, -0.2) is 24.2 Å². The molecule has 0 fully saturated rings. The Hall–Kier alpha value is -1.06. The molecule has 1 aromatic rings. The van der Waals surface area contributed by atoms with Crippen LogP contribution in [0, 0.1) is 6.92 Å². The topological polar surface area (TPSA) is 58.3 Å². The molecule has 1 atom stereocenters. The fourth-order valence-corrected chi connectivity index (χ4v) is 1.61. The summed E-state index contributed by atoms with van der Waals surface area (Å²) >= 11 is 0. The van der Waals surface area contributed by atoms with Gasteiger partial charge in [0.1, 0.15) is 5.75 Å². The molecule has 84 valence electrons. The zero-order chi connectivity index (χ0) is 11.3. The number of phenols is 1. The molecule has 1 aromatic carbocycles. The molecule has 0 radical (unpaired) electrons. The molecule has 0 saturated carbocycles. The number of hydrogen-bond acceptors (Lipinski definition) is 3. The standard InChI is InChI=1S/C12H20N2O/c1-9-3-4-12(15)11(7-9)8-10(2)14-6-5-13/h3-4,7,10,14-15H,5-6,8,13H2,1-2H3. The predicted octanol–water partition coefficient (Wildman–Crippen LogP) is 1.18. The predicted molar refractivity (Wildman–Crippen MR) is 63.1 cm³/mol. The summed E-state index contributed by atoms with van der Waals surface area (Å²) < 4.78 is 0. The maximum Gasteiger partial charge on any atom is 0.118 e. The van der Waals surface area contributed by atoms with Crippen LogP contribution in [-0.2, 0) is 6.42 Å². The van der Waals surface area contributed by atoms with Gasteiger partial charge in [0.15, 0.2) is 0 Å². The molecule has 0 bridgehead atoms. The molecule has 0 amide bonds. The highest BCUT2D eigenvalue weighted by atomic mass is 16.3. The molecule has 1 unspecified atom stereocenters. The fraction of sp³-hybridized carbons (Fsp3) is 0.500. The highest BCUT2D eigenvalue weighted by Gasteiger charge is 2.06. The van der Waals surface area contributed by atoms with Crippen molar-refractivity contribution in [2.45, 2.75) is 26.3 Å². The van der Waals surface area contributed by atoms with E-state index in [1.54, 1.807) is 6.07 Å². The molecule has 1 rings (SSSR count). The van der Waals surface area contributed by atoms with Crippen LogP contribution in [0.25, 0.3) is 0 Å². The molecule has 0 spiro atoms. The van der Waals surface area contributed by atoms with Crippen molar-refractivity contribution < 1.29 is 5.11 Å². The minimum absolute atomic E-state index is 0.334. The zero-order valence-electron chi connectivity index (χ0n) is 9.46. The number of aryl methyl sites for hydroxylation is 1. The molecular weight excluding hydrogens is 188 g/mol. The van der Waals surface area contributed by atoms with Crippen LogP contribution in [0.3, 0.4) is 0 Å². The Morgan fingerprint density at radius 1 is 1.47 bits per heavy atom.